The van der Waals surface area contributed by atoms with E-state index in [2.05, 4.69) is 10.6 Å². The van der Waals surface area contributed by atoms with E-state index in [1.165, 1.54) is 0 Å². The third-order valence-corrected chi connectivity index (χ3v) is 4.79. The highest BCUT2D eigenvalue weighted by Crippen LogP contribution is 2.39. The summed E-state index contributed by atoms with van der Waals surface area (Å²) in [6.45, 7) is 4.36. The lowest BCUT2D eigenvalue weighted by molar-refractivity contribution is 0.0487. The Bertz CT molecular complexity index is 579. The van der Waals surface area contributed by atoms with Gasteiger partial charge < -0.3 is 20.5 Å². The van der Waals surface area contributed by atoms with E-state index >= 15 is 0 Å². The van der Waals surface area contributed by atoms with Crippen LogP contribution in [0.1, 0.15) is 57.6 Å². The van der Waals surface area contributed by atoms with Gasteiger partial charge in [-0.2, -0.15) is 0 Å². The van der Waals surface area contributed by atoms with Gasteiger partial charge in [0.05, 0.1) is 11.6 Å². The number of rotatable bonds is 3. The number of hydrogen-bond donors (Lipinski definition) is 3. The maximum atomic E-state index is 12.3. The van der Waals surface area contributed by atoms with Gasteiger partial charge in [-0.1, -0.05) is 31.0 Å². The molecule has 5 nitrogen and oxygen atoms in total. The summed E-state index contributed by atoms with van der Waals surface area (Å²) in [6.07, 6.45) is 4.30. The number of para-hydroxylation sites is 1. The first-order valence-electron chi connectivity index (χ1n) is 8.42. The molecule has 1 fully saturated rings. The Morgan fingerprint density at radius 2 is 2.00 bits per heavy atom. The predicted molar refractivity (Wildman–Crippen MR) is 88.5 cm³/mol. The molecule has 1 saturated carbocycles. The van der Waals surface area contributed by atoms with Gasteiger partial charge in [0.25, 0.3) is 0 Å². The molecule has 3 rings (SSSR count). The number of nitrogens with one attached hydrogen (secondary N) is 2. The average molecular weight is 318 g/mol. The van der Waals surface area contributed by atoms with Gasteiger partial charge in [-0.3, -0.25) is 0 Å². The smallest absolute Gasteiger partial charge is 0.315 e. The second-order valence-corrected chi connectivity index (χ2v) is 7.41. The molecule has 1 aromatic rings. The maximum Gasteiger partial charge on any atom is 0.315 e. The van der Waals surface area contributed by atoms with E-state index in [1.807, 2.05) is 38.1 Å². The fraction of sp³-hybridized carbons (Fsp3) is 0.611. The van der Waals surface area contributed by atoms with Crippen molar-refractivity contribution in [2.45, 2.75) is 63.2 Å². The zero-order valence-corrected chi connectivity index (χ0v) is 13.9. The Morgan fingerprint density at radius 3 is 2.74 bits per heavy atom. The van der Waals surface area contributed by atoms with Crippen LogP contribution in [0.25, 0.3) is 0 Å². The van der Waals surface area contributed by atoms with E-state index in [1.54, 1.807) is 0 Å². The second-order valence-electron chi connectivity index (χ2n) is 7.41. The Labute approximate surface area is 137 Å². The monoisotopic (exact) mass is 318 g/mol. The van der Waals surface area contributed by atoms with Gasteiger partial charge in [0, 0.05) is 18.5 Å². The predicted octanol–water partition coefficient (Wildman–Crippen LogP) is 2.89. The first kappa shape index (κ1) is 16.1. The standard InChI is InChI=1S/C18H26N2O3/c1-17(2)11-14(13-7-3-4-8-15(13)23-17)20-16(21)19-12-18(22)9-5-6-10-18/h3-4,7-8,14,22H,5-6,9-12H2,1-2H3,(H2,19,20,21). The summed E-state index contributed by atoms with van der Waals surface area (Å²) in [5, 5.41) is 16.2. The molecular weight excluding hydrogens is 292 g/mol. The SMILES string of the molecule is CC1(C)CC(NC(=O)NCC2(O)CCCC2)c2ccccc2O1. The Balaban J connectivity index is 1.63. The second kappa shape index (κ2) is 6.04. The van der Waals surface area contributed by atoms with Crippen molar-refractivity contribution in [2.24, 2.45) is 0 Å². The van der Waals surface area contributed by atoms with Crippen LogP contribution in [0.15, 0.2) is 24.3 Å². The topological polar surface area (TPSA) is 70.6 Å². The quantitative estimate of drug-likeness (QED) is 0.802. The Kier molecular flexibility index (Phi) is 4.23. The van der Waals surface area contributed by atoms with Crippen LogP contribution in [-0.4, -0.2) is 28.9 Å². The third kappa shape index (κ3) is 3.78. The van der Waals surface area contributed by atoms with Crippen LogP contribution in [0, 0.1) is 0 Å². The van der Waals surface area contributed by atoms with E-state index < -0.39 is 5.60 Å². The van der Waals surface area contributed by atoms with E-state index in [9.17, 15) is 9.90 Å². The average Bonchev–Trinajstić information content (AvgIpc) is 2.91. The molecule has 1 aliphatic carbocycles. The van der Waals surface area contributed by atoms with Crippen molar-refractivity contribution >= 4 is 6.03 Å². The highest BCUT2D eigenvalue weighted by molar-refractivity contribution is 5.74. The molecule has 3 N–H and O–H groups in total. The van der Waals surface area contributed by atoms with Crippen molar-refractivity contribution in [3.8, 4) is 5.75 Å². The summed E-state index contributed by atoms with van der Waals surface area (Å²) in [5.74, 6) is 0.823. The maximum absolute atomic E-state index is 12.3. The minimum atomic E-state index is -0.732. The van der Waals surface area contributed by atoms with Gasteiger partial charge in [0.1, 0.15) is 11.4 Å². The molecule has 2 aliphatic rings. The molecule has 23 heavy (non-hydrogen) atoms. The summed E-state index contributed by atoms with van der Waals surface area (Å²) in [5.41, 5.74) is -0.0540. The zero-order chi connectivity index (χ0) is 16.5. The largest absolute Gasteiger partial charge is 0.487 e. The van der Waals surface area contributed by atoms with Crippen molar-refractivity contribution in [1.29, 1.82) is 0 Å². The summed E-state index contributed by atoms with van der Waals surface area (Å²) >= 11 is 0. The van der Waals surface area contributed by atoms with Crippen LogP contribution in [0.4, 0.5) is 4.79 Å². The number of amides is 2. The number of benzene rings is 1. The van der Waals surface area contributed by atoms with E-state index in [4.69, 9.17) is 4.74 Å². The molecule has 0 bridgehead atoms. The van der Waals surface area contributed by atoms with Crippen molar-refractivity contribution in [3.63, 3.8) is 0 Å². The lowest BCUT2D eigenvalue weighted by Crippen LogP contribution is -2.48. The number of fused-ring (bicyclic) bond motifs is 1. The molecular formula is C18H26N2O3. The molecule has 126 valence electrons. The van der Waals surface area contributed by atoms with Gasteiger partial charge in [0.2, 0.25) is 0 Å². The molecule has 1 aliphatic heterocycles. The highest BCUT2D eigenvalue weighted by Gasteiger charge is 2.35. The molecule has 0 aromatic heterocycles. The minimum absolute atomic E-state index is 0.0897. The number of urea groups is 1. The number of carbonyl (C=O) groups excluding carboxylic acids is 1. The fourth-order valence-electron chi connectivity index (χ4n) is 3.59. The van der Waals surface area contributed by atoms with E-state index in [-0.39, 0.29) is 17.7 Å². The fourth-order valence-corrected chi connectivity index (χ4v) is 3.59. The summed E-state index contributed by atoms with van der Waals surface area (Å²) < 4.78 is 5.98. The minimum Gasteiger partial charge on any atom is -0.487 e. The normalized spacial score (nSPS) is 24.4. The molecule has 1 heterocycles. The molecule has 5 heteroatoms. The van der Waals surface area contributed by atoms with Crippen molar-refractivity contribution in [2.75, 3.05) is 6.54 Å². The molecule has 0 saturated heterocycles. The summed E-state index contributed by atoms with van der Waals surface area (Å²) in [4.78, 5) is 12.3. The van der Waals surface area contributed by atoms with Crippen molar-refractivity contribution < 1.29 is 14.6 Å². The summed E-state index contributed by atoms with van der Waals surface area (Å²) in [7, 11) is 0. The first-order chi connectivity index (χ1) is 10.9. The summed E-state index contributed by atoms with van der Waals surface area (Å²) in [6, 6.07) is 7.49. The van der Waals surface area contributed by atoms with Crippen LogP contribution in [0.3, 0.4) is 0 Å². The number of hydrogen-bond acceptors (Lipinski definition) is 3. The van der Waals surface area contributed by atoms with Crippen LogP contribution >= 0.6 is 0 Å². The van der Waals surface area contributed by atoms with Crippen LogP contribution < -0.4 is 15.4 Å². The lowest BCUT2D eigenvalue weighted by Gasteiger charge is -2.38. The van der Waals surface area contributed by atoms with E-state index in [0.717, 1.165) is 37.0 Å². The lowest BCUT2D eigenvalue weighted by atomic mass is 9.90. The van der Waals surface area contributed by atoms with Gasteiger partial charge in [-0.05, 0) is 32.8 Å². The Morgan fingerprint density at radius 1 is 1.30 bits per heavy atom. The third-order valence-electron chi connectivity index (χ3n) is 4.79. The number of aliphatic hydroxyl groups is 1. The molecule has 1 atom stereocenters. The molecule has 0 spiro atoms. The Hall–Kier alpha value is -1.75. The van der Waals surface area contributed by atoms with Crippen molar-refractivity contribution in [1.82, 2.24) is 10.6 Å². The zero-order valence-electron chi connectivity index (χ0n) is 13.9. The van der Waals surface area contributed by atoms with Crippen LogP contribution in [0.5, 0.6) is 5.75 Å². The highest BCUT2D eigenvalue weighted by atomic mass is 16.5. The molecule has 1 aromatic carbocycles. The van der Waals surface area contributed by atoms with Crippen molar-refractivity contribution in [3.05, 3.63) is 29.8 Å². The molecule has 0 radical (unpaired) electrons. The van der Waals surface area contributed by atoms with Gasteiger partial charge in [0.15, 0.2) is 0 Å². The number of ether oxygens (including phenoxy) is 1. The number of carbonyl (C=O) groups is 1. The van der Waals surface area contributed by atoms with Gasteiger partial charge in [-0.25, -0.2) is 4.79 Å². The molecule has 2 amide bonds. The van der Waals surface area contributed by atoms with E-state index in [0.29, 0.717) is 13.0 Å². The van der Waals surface area contributed by atoms with Crippen LogP contribution in [0.2, 0.25) is 0 Å². The molecule has 1 unspecified atom stereocenters. The van der Waals surface area contributed by atoms with Crippen LogP contribution in [-0.2, 0) is 0 Å². The van der Waals surface area contributed by atoms with Gasteiger partial charge >= 0.3 is 6.03 Å². The first-order valence-corrected chi connectivity index (χ1v) is 8.42. The van der Waals surface area contributed by atoms with Gasteiger partial charge in [-0.15, -0.1) is 0 Å².